The summed E-state index contributed by atoms with van der Waals surface area (Å²) in [5, 5.41) is 8.84. The van der Waals surface area contributed by atoms with Gasteiger partial charge in [0, 0.05) is 18.0 Å². The highest BCUT2D eigenvalue weighted by atomic mass is 16.4. The van der Waals surface area contributed by atoms with Crippen LogP contribution in [0.3, 0.4) is 0 Å². The SMILES string of the molecule is CC(C)(C)N1CCCC(c2nc(C(=O)O)co2)C1. The number of nitrogens with zero attached hydrogens (tertiary/aromatic N) is 2. The molecule has 1 aromatic heterocycles. The largest absolute Gasteiger partial charge is 0.476 e. The summed E-state index contributed by atoms with van der Waals surface area (Å²) in [5.74, 6) is -0.277. The molecule has 1 aliphatic rings. The average molecular weight is 252 g/mol. The highest BCUT2D eigenvalue weighted by Gasteiger charge is 2.31. The lowest BCUT2D eigenvalue weighted by molar-refractivity contribution is 0.0690. The van der Waals surface area contributed by atoms with Crippen LogP contribution in [0.5, 0.6) is 0 Å². The van der Waals surface area contributed by atoms with E-state index >= 15 is 0 Å². The zero-order valence-corrected chi connectivity index (χ0v) is 11.1. The Morgan fingerprint density at radius 1 is 1.56 bits per heavy atom. The van der Waals surface area contributed by atoms with Crippen LogP contribution in [0.15, 0.2) is 10.7 Å². The van der Waals surface area contributed by atoms with Crippen LogP contribution < -0.4 is 0 Å². The molecule has 0 aromatic carbocycles. The number of aromatic nitrogens is 1. The number of likely N-dealkylation sites (tertiary alicyclic amines) is 1. The van der Waals surface area contributed by atoms with Gasteiger partial charge < -0.3 is 9.52 Å². The second-order valence-electron chi connectivity index (χ2n) is 5.83. The molecule has 5 nitrogen and oxygen atoms in total. The maximum absolute atomic E-state index is 10.8. The second kappa shape index (κ2) is 4.72. The Morgan fingerprint density at radius 2 is 2.28 bits per heavy atom. The number of carboxylic acid groups (broad SMARTS) is 1. The lowest BCUT2D eigenvalue weighted by Crippen LogP contribution is -2.46. The summed E-state index contributed by atoms with van der Waals surface area (Å²) < 4.78 is 5.31. The minimum Gasteiger partial charge on any atom is -0.476 e. The number of carbonyl (C=O) groups is 1. The van der Waals surface area contributed by atoms with Crippen LogP contribution in [-0.4, -0.2) is 39.6 Å². The monoisotopic (exact) mass is 252 g/mol. The molecule has 2 heterocycles. The number of aromatic carboxylic acids is 1. The maximum atomic E-state index is 10.8. The van der Waals surface area contributed by atoms with Crippen molar-refractivity contribution in [2.24, 2.45) is 0 Å². The predicted molar refractivity (Wildman–Crippen MR) is 66.8 cm³/mol. The standard InChI is InChI=1S/C13H20N2O3/c1-13(2,3)15-6-4-5-9(7-15)11-14-10(8-18-11)12(16)17/h8-9H,4-7H2,1-3H3,(H,16,17). The number of piperidine rings is 1. The van der Waals surface area contributed by atoms with Crippen LogP contribution in [0.4, 0.5) is 0 Å². The molecule has 1 aliphatic heterocycles. The predicted octanol–water partition coefficient (Wildman–Crippen LogP) is 2.35. The average Bonchev–Trinajstić information content (AvgIpc) is 2.77. The molecule has 100 valence electrons. The minimum atomic E-state index is -1.03. The molecule has 2 rings (SSSR count). The summed E-state index contributed by atoms with van der Waals surface area (Å²) in [6.45, 7) is 8.52. The smallest absolute Gasteiger partial charge is 0.357 e. The van der Waals surface area contributed by atoms with Gasteiger partial charge in [-0.1, -0.05) is 0 Å². The van der Waals surface area contributed by atoms with E-state index in [0.717, 1.165) is 25.9 Å². The fraction of sp³-hybridized carbons (Fsp3) is 0.692. The van der Waals surface area contributed by atoms with Gasteiger partial charge in [0.05, 0.1) is 0 Å². The first-order valence-electron chi connectivity index (χ1n) is 6.31. The van der Waals surface area contributed by atoms with E-state index in [1.165, 1.54) is 6.26 Å². The van der Waals surface area contributed by atoms with Crippen LogP contribution in [0.25, 0.3) is 0 Å². The maximum Gasteiger partial charge on any atom is 0.357 e. The number of oxazole rings is 1. The molecular weight excluding hydrogens is 232 g/mol. The van der Waals surface area contributed by atoms with E-state index in [1.54, 1.807) is 0 Å². The summed E-state index contributed by atoms with van der Waals surface area (Å²) in [6, 6.07) is 0. The van der Waals surface area contributed by atoms with E-state index in [9.17, 15) is 4.79 Å². The summed E-state index contributed by atoms with van der Waals surface area (Å²) in [7, 11) is 0. The summed E-state index contributed by atoms with van der Waals surface area (Å²) in [4.78, 5) is 17.2. The van der Waals surface area contributed by atoms with Gasteiger partial charge in [-0.25, -0.2) is 9.78 Å². The molecule has 0 bridgehead atoms. The molecule has 1 fully saturated rings. The molecule has 0 aliphatic carbocycles. The van der Waals surface area contributed by atoms with Crippen LogP contribution in [0.1, 0.15) is 55.9 Å². The topological polar surface area (TPSA) is 66.6 Å². The fourth-order valence-corrected chi connectivity index (χ4v) is 2.36. The molecular formula is C13H20N2O3. The van der Waals surface area contributed by atoms with Gasteiger partial charge in [0.2, 0.25) is 0 Å². The van der Waals surface area contributed by atoms with Crippen molar-refractivity contribution in [2.45, 2.75) is 45.1 Å². The first-order chi connectivity index (χ1) is 8.38. The normalized spacial score (nSPS) is 22.1. The minimum absolute atomic E-state index is 0.00196. The van der Waals surface area contributed by atoms with Crippen molar-refractivity contribution in [3.63, 3.8) is 0 Å². The molecule has 0 amide bonds. The summed E-state index contributed by atoms with van der Waals surface area (Å²) in [6.07, 6.45) is 3.33. The van der Waals surface area contributed by atoms with E-state index < -0.39 is 5.97 Å². The van der Waals surface area contributed by atoms with Crippen LogP contribution in [0.2, 0.25) is 0 Å². The van der Waals surface area contributed by atoms with Crippen molar-refractivity contribution in [1.29, 1.82) is 0 Å². The molecule has 18 heavy (non-hydrogen) atoms. The van der Waals surface area contributed by atoms with Gasteiger partial charge >= 0.3 is 5.97 Å². The van der Waals surface area contributed by atoms with Gasteiger partial charge in [-0.05, 0) is 40.2 Å². The van der Waals surface area contributed by atoms with Gasteiger partial charge in [0.15, 0.2) is 11.6 Å². The Morgan fingerprint density at radius 3 is 2.83 bits per heavy atom. The number of hydrogen-bond acceptors (Lipinski definition) is 4. The molecule has 5 heteroatoms. The molecule has 1 saturated heterocycles. The van der Waals surface area contributed by atoms with Gasteiger partial charge in [-0.15, -0.1) is 0 Å². The molecule has 0 spiro atoms. The van der Waals surface area contributed by atoms with Crippen molar-refractivity contribution < 1.29 is 14.3 Å². The van der Waals surface area contributed by atoms with Crippen LogP contribution in [-0.2, 0) is 0 Å². The fourth-order valence-electron chi connectivity index (χ4n) is 2.36. The third-order valence-corrected chi connectivity index (χ3v) is 3.46. The number of carboxylic acids is 1. The molecule has 0 saturated carbocycles. The first-order valence-corrected chi connectivity index (χ1v) is 6.31. The van der Waals surface area contributed by atoms with E-state index in [0.29, 0.717) is 5.89 Å². The van der Waals surface area contributed by atoms with Crippen molar-refractivity contribution in [3.05, 3.63) is 17.8 Å². The van der Waals surface area contributed by atoms with E-state index in [4.69, 9.17) is 9.52 Å². The van der Waals surface area contributed by atoms with E-state index in [1.807, 2.05) is 0 Å². The van der Waals surface area contributed by atoms with Gasteiger partial charge in [0.25, 0.3) is 0 Å². The molecule has 1 aromatic rings. The Kier molecular flexibility index (Phi) is 3.43. The quantitative estimate of drug-likeness (QED) is 0.875. The van der Waals surface area contributed by atoms with Crippen molar-refractivity contribution in [3.8, 4) is 0 Å². The lowest BCUT2D eigenvalue weighted by atomic mass is 9.93. The van der Waals surface area contributed by atoms with Crippen molar-refractivity contribution >= 4 is 5.97 Å². The summed E-state index contributed by atoms with van der Waals surface area (Å²) >= 11 is 0. The lowest BCUT2D eigenvalue weighted by Gasteiger charge is -2.40. The molecule has 0 radical (unpaired) electrons. The zero-order chi connectivity index (χ0) is 13.3. The highest BCUT2D eigenvalue weighted by molar-refractivity contribution is 5.84. The Hall–Kier alpha value is -1.36. The molecule has 1 unspecified atom stereocenters. The third-order valence-electron chi connectivity index (χ3n) is 3.46. The van der Waals surface area contributed by atoms with Gasteiger partial charge in [-0.3, -0.25) is 4.90 Å². The van der Waals surface area contributed by atoms with Crippen molar-refractivity contribution in [1.82, 2.24) is 9.88 Å². The first kappa shape index (κ1) is 13.1. The van der Waals surface area contributed by atoms with E-state index in [2.05, 4.69) is 30.7 Å². The van der Waals surface area contributed by atoms with Crippen molar-refractivity contribution in [2.75, 3.05) is 13.1 Å². The Labute approximate surface area is 107 Å². The Bertz CT molecular complexity index is 434. The van der Waals surface area contributed by atoms with Crippen LogP contribution >= 0.6 is 0 Å². The highest BCUT2D eigenvalue weighted by Crippen LogP contribution is 2.30. The third kappa shape index (κ3) is 2.72. The van der Waals surface area contributed by atoms with Gasteiger partial charge in [0.1, 0.15) is 6.26 Å². The van der Waals surface area contributed by atoms with Crippen LogP contribution in [0, 0.1) is 0 Å². The Balaban J connectivity index is 2.10. The van der Waals surface area contributed by atoms with Gasteiger partial charge in [-0.2, -0.15) is 0 Å². The summed E-state index contributed by atoms with van der Waals surface area (Å²) in [5.41, 5.74) is 0.124. The molecule has 1 atom stereocenters. The molecule has 1 N–H and O–H groups in total. The number of rotatable bonds is 2. The second-order valence-corrected chi connectivity index (χ2v) is 5.83. The van der Waals surface area contributed by atoms with E-state index in [-0.39, 0.29) is 17.2 Å². The number of hydrogen-bond donors (Lipinski definition) is 1. The zero-order valence-electron chi connectivity index (χ0n) is 11.1.